The van der Waals surface area contributed by atoms with Crippen LogP contribution in [0.2, 0.25) is 0 Å². The third kappa shape index (κ3) is 7.07. The van der Waals surface area contributed by atoms with Crippen LogP contribution in [0, 0.1) is 0 Å². The molecule has 7 rings (SSSR count). The number of methoxy groups -OCH3 is 4. The molecule has 0 unspecified atom stereocenters. The first-order valence-corrected chi connectivity index (χ1v) is 17.2. The quantitative estimate of drug-likeness (QED) is 0.164. The molecule has 2 aromatic heterocycles. The summed E-state index contributed by atoms with van der Waals surface area (Å²) in [6.45, 7) is 2.74. The molecule has 14 heteroatoms. The van der Waals surface area contributed by atoms with Crippen molar-refractivity contribution in [3.8, 4) is 40.1 Å². The number of nitrogens with zero attached hydrogens (tertiary/aromatic N) is 5. The van der Waals surface area contributed by atoms with E-state index in [-0.39, 0.29) is 22.6 Å². The van der Waals surface area contributed by atoms with Gasteiger partial charge in [0.2, 0.25) is 5.82 Å². The highest BCUT2D eigenvalue weighted by molar-refractivity contribution is 9.10. The van der Waals surface area contributed by atoms with Gasteiger partial charge in [0.25, 0.3) is 5.91 Å². The van der Waals surface area contributed by atoms with Gasteiger partial charge in [0.1, 0.15) is 5.58 Å². The normalized spacial score (nSPS) is 12.7. The van der Waals surface area contributed by atoms with Crippen LogP contribution in [-0.2, 0) is 19.4 Å². The predicted molar refractivity (Wildman–Crippen MR) is 198 cm³/mol. The Labute approximate surface area is 307 Å². The number of benzene rings is 4. The molecule has 0 saturated carbocycles. The number of ether oxygens (including phenoxy) is 4. The number of carbonyl (C=O) groups is 1. The van der Waals surface area contributed by atoms with Gasteiger partial charge in [0.05, 0.1) is 50.8 Å². The standard InChI is InChI=1S/C38H35BrN6O7/c1-48-32-15-23-12-14-44(21-24(23)16-33(32)49-2)13-11-22-5-8-26(9-6-22)45-42-37(41-43-45)27-18-34(50-3)35(51-4)19-29(27)40-38(47)36-20-30(46)28-17-25(39)7-10-31(28)52-36/h5-10,15-20H,11-14,21H2,1-4H3,(H,40,47). The minimum Gasteiger partial charge on any atom is -0.493 e. The van der Waals surface area contributed by atoms with Crippen LogP contribution in [0.5, 0.6) is 23.0 Å². The maximum atomic E-state index is 13.4. The van der Waals surface area contributed by atoms with Crippen molar-refractivity contribution < 1.29 is 28.2 Å². The van der Waals surface area contributed by atoms with Crippen LogP contribution >= 0.6 is 15.9 Å². The number of carbonyl (C=O) groups excluding carboxylic acids is 1. The van der Waals surface area contributed by atoms with Crippen LogP contribution in [0.25, 0.3) is 28.0 Å². The highest BCUT2D eigenvalue weighted by atomic mass is 79.9. The highest BCUT2D eigenvalue weighted by Gasteiger charge is 2.22. The van der Waals surface area contributed by atoms with Crippen LogP contribution in [0.4, 0.5) is 5.69 Å². The van der Waals surface area contributed by atoms with E-state index in [9.17, 15) is 9.59 Å². The molecule has 1 aliphatic heterocycles. The van der Waals surface area contributed by atoms with Crippen molar-refractivity contribution in [2.24, 2.45) is 0 Å². The van der Waals surface area contributed by atoms with E-state index in [0.717, 1.165) is 54.5 Å². The minimum absolute atomic E-state index is 0.164. The molecule has 0 radical (unpaired) electrons. The van der Waals surface area contributed by atoms with Crippen LogP contribution < -0.4 is 29.7 Å². The number of aromatic nitrogens is 4. The van der Waals surface area contributed by atoms with Gasteiger partial charge in [0, 0.05) is 36.2 Å². The van der Waals surface area contributed by atoms with Crippen molar-refractivity contribution >= 4 is 38.5 Å². The van der Waals surface area contributed by atoms with Crippen LogP contribution in [0.3, 0.4) is 0 Å². The summed E-state index contributed by atoms with van der Waals surface area (Å²) in [7, 11) is 6.32. The molecule has 1 aliphatic rings. The Morgan fingerprint density at radius 2 is 1.56 bits per heavy atom. The SMILES string of the molecule is COc1cc2c(cc1OC)CN(CCc1ccc(-n3nnc(-c4cc(OC)c(OC)cc4NC(=O)c4cc(=O)c5cc(Br)ccc5o4)n3)cc1)CC2. The average Bonchev–Trinajstić information content (AvgIpc) is 3.66. The number of hydrogen-bond donors (Lipinski definition) is 1. The van der Waals surface area contributed by atoms with Crippen molar-refractivity contribution in [3.05, 3.63) is 110 Å². The maximum Gasteiger partial charge on any atom is 0.291 e. The van der Waals surface area contributed by atoms with E-state index in [1.807, 2.05) is 12.1 Å². The molecule has 6 aromatic rings. The van der Waals surface area contributed by atoms with E-state index >= 15 is 0 Å². The zero-order valence-electron chi connectivity index (χ0n) is 28.9. The van der Waals surface area contributed by atoms with Crippen molar-refractivity contribution in [1.29, 1.82) is 0 Å². The van der Waals surface area contributed by atoms with Gasteiger partial charge in [-0.3, -0.25) is 14.5 Å². The smallest absolute Gasteiger partial charge is 0.291 e. The van der Waals surface area contributed by atoms with Gasteiger partial charge in [-0.1, -0.05) is 28.1 Å². The molecule has 0 bridgehead atoms. The topological polar surface area (TPSA) is 143 Å². The zero-order valence-corrected chi connectivity index (χ0v) is 30.5. The Hall–Kier alpha value is -5.73. The largest absolute Gasteiger partial charge is 0.493 e. The molecule has 1 N–H and O–H groups in total. The molecule has 1 amide bonds. The van der Waals surface area contributed by atoms with Crippen molar-refractivity contribution in [3.63, 3.8) is 0 Å². The molecule has 0 spiro atoms. The molecular weight excluding hydrogens is 732 g/mol. The van der Waals surface area contributed by atoms with Gasteiger partial charge in [-0.25, -0.2) is 0 Å². The summed E-state index contributed by atoms with van der Waals surface area (Å²) in [6.07, 6.45) is 1.83. The first kappa shape index (κ1) is 34.7. The Morgan fingerprint density at radius 1 is 0.865 bits per heavy atom. The van der Waals surface area contributed by atoms with Crippen LogP contribution in [-0.4, -0.2) is 72.5 Å². The monoisotopic (exact) mass is 766 g/mol. The van der Waals surface area contributed by atoms with Gasteiger partial charge in [-0.05, 0) is 83.3 Å². The molecule has 3 heterocycles. The van der Waals surface area contributed by atoms with Gasteiger partial charge in [-0.2, -0.15) is 0 Å². The lowest BCUT2D eigenvalue weighted by molar-refractivity contribution is 0.0997. The molecule has 266 valence electrons. The van der Waals surface area contributed by atoms with Crippen molar-refractivity contribution in [2.45, 2.75) is 19.4 Å². The molecule has 0 fully saturated rings. The third-order valence-electron chi connectivity index (χ3n) is 9.02. The maximum absolute atomic E-state index is 13.4. The molecule has 13 nitrogen and oxygen atoms in total. The van der Waals surface area contributed by atoms with Gasteiger partial charge in [0.15, 0.2) is 34.2 Å². The lowest BCUT2D eigenvalue weighted by Gasteiger charge is -2.29. The lowest BCUT2D eigenvalue weighted by atomic mass is 9.98. The van der Waals surface area contributed by atoms with Gasteiger partial charge >= 0.3 is 0 Å². The van der Waals surface area contributed by atoms with E-state index < -0.39 is 5.91 Å². The summed E-state index contributed by atoms with van der Waals surface area (Å²) in [6, 6.07) is 21.6. The summed E-state index contributed by atoms with van der Waals surface area (Å²) in [5.41, 5.74) is 5.10. The first-order chi connectivity index (χ1) is 25.3. The lowest BCUT2D eigenvalue weighted by Crippen LogP contribution is -2.32. The van der Waals surface area contributed by atoms with E-state index in [0.29, 0.717) is 33.8 Å². The molecule has 4 aromatic carbocycles. The number of halogens is 1. The van der Waals surface area contributed by atoms with Crippen LogP contribution in [0.15, 0.2) is 86.5 Å². The number of nitrogens with one attached hydrogen (secondary N) is 1. The van der Waals surface area contributed by atoms with Crippen molar-refractivity contribution in [1.82, 2.24) is 25.1 Å². The summed E-state index contributed by atoms with van der Waals surface area (Å²) in [5, 5.41) is 16.4. The highest BCUT2D eigenvalue weighted by Crippen LogP contribution is 2.38. The fourth-order valence-corrected chi connectivity index (χ4v) is 6.60. The van der Waals surface area contributed by atoms with Crippen LogP contribution in [0.1, 0.15) is 27.2 Å². The molecular formula is C38H35BrN6O7. The molecule has 0 aliphatic carbocycles. The Bertz CT molecular complexity index is 2340. The number of tetrazole rings is 1. The molecule has 52 heavy (non-hydrogen) atoms. The Balaban J connectivity index is 1.07. The third-order valence-corrected chi connectivity index (χ3v) is 9.51. The van der Waals surface area contributed by atoms with E-state index in [4.69, 9.17) is 23.4 Å². The van der Waals surface area contributed by atoms with E-state index in [1.54, 1.807) is 44.6 Å². The number of amides is 1. The first-order valence-electron chi connectivity index (χ1n) is 16.4. The second-order valence-corrected chi connectivity index (χ2v) is 13.1. The fraction of sp³-hybridized carbons (Fsp3) is 0.237. The predicted octanol–water partition coefficient (Wildman–Crippen LogP) is 6.09. The van der Waals surface area contributed by atoms with Crippen molar-refractivity contribution in [2.75, 3.05) is 46.8 Å². The molecule has 0 saturated heterocycles. The Kier molecular flexibility index (Phi) is 9.92. The molecule has 0 atom stereocenters. The van der Waals surface area contributed by atoms with E-state index in [2.05, 4.69) is 65.8 Å². The second kappa shape index (κ2) is 14.9. The second-order valence-electron chi connectivity index (χ2n) is 12.1. The van der Waals surface area contributed by atoms with Gasteiger partial charge in [-0.15, -0.1) is 15.0 Å². The zero-order chi connectivity index (χ0) is 36.4. The number of anilines is 1. The average molecular weight is 768 g/mol. The summed E-state index contributed by atoms with van der Waals surface area (Å²) in [4.78, 5) is 30.1. The van der Waals surface area contributed by atoms with Gasteiger partial charge < -0.3 is 28.7 Å². The summed E-state index contributed by atoms with van der Waals surface area (Å²) < 4.78 is 28.5. The number of rotatable bonds is 11. The number of fused-ring (bicyclic) bond motifs is 2. The Morgan fingerprint density at radius 3 is 2.29 bits per heavy atom. The van der Waals surface area contributed by atoms with E-state index in [1.165, 1.54) is 35.7 Å². The summed E-state index contributed by atoms with van der Waals surface area (Å²) in [5.74, 6) is 1.69. The summed E-state index contributed by atoms with van der Waals surface area (Å²) >= 11 is 3.36. The number of hydrogen-bond acceptors (Lipinski definition) is 11. The minimum atomic E-state index is -0.646. The fourth-order valence-electron chi connectivity index (χ4n) is 6.24.